The number of halogens is 2. The van der Waals surface area contributed by atoms with E-state index in [1.807, 2.05) is 42.5 Å². The first kappa shape index (κ1) is 15.9. The molecular formula is C17H16Cl2O2. The Bertz CT molecular complexity index is 611. The van der Waals surface area contributed by atoms with Crippen molar-refractivity contribution in [2.24, 2.45) is 0 Å². The van der Waals surface area contributed by atoms with Crippen LogP contribution >= 0.6 is 23.2 Å². The molecule has 0 heterocycles. The summed E-state index contributed by atoms with van der Waals surface area (Å²) in [6, 6.07) is 15.6. The van der Waals surface area contributed by atoms with Gasteiger partial charge >= 0.3 is 5.97 Å². The van der Waals surface area contributed by atoms with Crippen molar-refractivity contribution < 1.29 is 9.53 Å². The molecule has 0 N–H and O–H groups in total. The fraction of sp³-hybridized carbons (Fsp3) is 0.235. The number of carbonyl (C=O) groups is 1. The lowest BCUT2D eigenvalue weighted by Gasteiger charge is -2.18. The minimum atomic E-state index is -0.212. The molecule has 2 aromatic carbocycles. The molecular weight excluding hydrogens is 307 g/mol. The summed E-state index contributed by atoms with van der Waals surface area (Å²) in [4.78, 5) is 11.4. The van der Waals surface area contributed by atoms with Crippen LogP contribution in [0.5, 0.6) is 0 Å². The highest BCUT2D eigenvalue weighted by Gasteiger charge is 2.17. The average molecular weight is 323 g/mol. The van der Waals surface area contributed by atoms with Crippen molar-refractivity contribution >= 4 is 29.2 Å². The van der Waals surface area contributed by atoms with Crippen molar-refractivity contribution in [1.29, 1.82) is 0 Å². The third-order valence-electron chi connectivity index (χ3n) is 3.41. The molecule has 0 saturated carbocycles. The molecule has 2 aromatic rings. The minimum Gasteiger partial charge on any atom is -0.469 e. The van der Waals surface area contributed by atoms with Crippen LogP contribution in [0, 0.1) is 0 Å². The predicted molar refractivity (Wildman–Crippen MR) is 86.0 cm³/mol. The molecule has 21 heavy (non-hydrogen) atoms. The van der Waals surface area contributed by atoms with Crippen LogP contribution in [-0.2, 0) is 9.53 Å². The topological polar surface area (TPSA) is 26.3 Å². The van der Waals surface area contributed by atoms with E-state index in [9.17, 15) is 4.79 Å². The van der Waals surface area contributed by atoms with Crippen molar-refractivity contribution in [2.75, 3.05) is 7.11 Å². The van der Waals surface area contributed by atoms with E-state index in [2.05, 4.69) is 0 Å². The maximum atomic E-state index is 11.4. The Morgan fingerprint density at radius 2 is 1.76 bits per heavy atom. The van der Waals surface area contributed by atoms with Crippen LogP contribution in [0.1, 0.15) is 29.9 Å². The Kier molecular flexibility index (Phi) is 5.66. The Hall–Kier alpha value is -1.51. The number of methoxy groups -OCH3 is 1. The summed E-state index contributed by atoms with van der Waals surface area (Å²) >= 11 is 12.1. The highest BCUT2D eigenvalue weighted by atomic mass is 35.5. The average Bonchev–Trinajstić information content (AvgIpc) is 2.51. The molecule has 2 rings (SSSR count). The maximum Gasteiger partial charge on any atom is 0.305 e. The molecule has 0 aliphatic rings. The zero-order valence-corrected chi connectivity index (χ0v) is 13.2. The van der Waals surface area contributed by atoms with E-state index in [0.29, 0.717) is 22.9 Å². The van der Waals surface area contributed by atoms with Gasteiger partial charge in [-0.25, -0.2) is 0 Å². The smallest absolute Gasteiger partial charge is 0.305 e. The van der Waals surface area contributed by atoms with Crippen LogP contribution in [0.25, 0.3) is 0 Å². The predicted octanol–water partition coefficient (Wildman–Crippen LogP) is 5.08. The van der Waals surface area contributed by atoms with Gasteiger partial charge < -0.3 is 4.74 Å². The minimum absolute atomic E-state index is 0.0834. The van der Waals surface area contributed by atoms with Crippen LogP contribution in [0.4, 0.5) is 0 Å². The van der Waals surface area contributed by atoms with Gasteiger partial charge in [-0.2, -0.15) is 0 Å². The van der Waals surface area contributed by atoms with E-state index in [1.54, 1.807) is 6.07 Å². The monoisotopic (exact) mass is 322 g/mol. The van der Waals surface area contributed by atoms with Gasteiger partial charge in [0.2, 0.25) is 0 Å². The first-order valence-electron chi connectivity index (χ1n) is 6.68. The van der Waals surface area contributed by atoms with Gasteiger partial charge in [-0.15, -0.1) is 0 Å². The second kappa shape index (κ2) is 7.48. The molecule has 110 valence electrons. The van der Waals surface area contributed by atoms with E-state index in [4.69, 9.17) is 27.9 Å². The molecule has 0 aliphatic heterocycles. The highest BCUT2D eigenvalue weighted by Crippen LogP contribution is 2.33. The number of carbonyl (C=O) groups excluding carboxylic acids is 1. The van der Waals surface area contributed by atoms with Crippen molar-refractivity contribution in [1.82, 2.24) is 0 Å². The first-order chi connectivity index (χ1) is 10.1. The summed E-state index contributed by atoms with van der Waals surface area (Å²) in [5.41, 5.74) is 2.18. The van der Waals surface area contributed by atoms with Gasteiger partial charge in [0.1, 0.15) is 0 Å². The highest BCUT2D eigenvalue weighted by molar-refractivity contribution is 6.42. The van der Waals surface area contributed by atoms with Crippen molar-refractivity contribution in [2.45, 2.75) is 18.8 Å². The van der Waals surface area contributed by atoms with E-state index in [1.165, 1.54) is 7.11 Å². The van der Waals surface area contributed by atoms with Gasteiger partial charge in [-0.3, -0.25) is 4.79 Å². The fourth-order valence-electron chi connectivity index (χ4n) is 2.30. The van der Waals surface area contributed by atoms with Crippen LogP contribution in [0.2, 0.25) is 10.0 Å². The first-order valence-corrected chi connectivity index (χ1v) is 7.44. The molecule has 0 saturated heterocycles. The SMILES string of the molecule is COC(=O)CCC(c1ccccc1)c1ccc(Cl)c(Cl)c1. The van der Waals surface area contributed by atoms with Crippen LogP contribution in [0.15, 0.2) is 48.5 Å². The lowest BCUT2D eigenvalue weighted by atomic mass is 9.87. The summed E-state index contributed by atoms with van der Waals surface area (Å²) in [5, 5.41) is 1.05. The molecule has 4 heteroatoms. The summed E-state index contributed by atoms with van der Waals surface area (Å²) in [6.45, 7) is 0. The maximum absolute atomic E-state index is 11.4. The van der Waals surface area contributed by atoms with E-state index < -0.39 is 0 Å². The largest absolute Gasteiger partial charge is 0.469 e. The Balaban J connectivity index is 2.31. The Morgan fingerprint density at radius 1 is 1.05 bits per heavy atom. The molecule has 2 nitrogen and oxygen atoms in total. The molecule has 0 radical (unpaired) electrons. The van der Waals surface area contributed by atoms with Gasteiger partial charge in [0, 0.05) is 12.3 Å². The molecule has 0 aromatic heterocycles. The molecule has 0 amide bonds. The standard InChI is InChI=1S/C17H16Cl2O2/c1-21-17(20)10-8-14(12-5-3-2-4-6-12)13-7-9-15(18)16(19)11-13/h2-7,9,11,14H,8,10H2,1H3. The van der Waals surface area contributed by atoms with Gasteiger partial charge in [-0.05, 0) is 29.7 Å². The van der Waals surface area contributed by atoms with Crippen molar-refractivity contribution in [3.05, 3.63) is 69.7 Å². The summed E-state index contributed by atoms with van der Waals surface area (Å²) < 4.78 is 4.73. The van der Waals surface area contributed by atoms with Crippen molar-refractivity contribution in [3.63, 3.8) is 0 Å². The van der Waals surface area contributed by atoms with E-state index in [-0.39, 0.29) is 11.9 Å². The lowest BCUT2D eigenvalue weighted by molar-refractivity contribution is -0.140. The molecule has 1 atom stereocenters. The summed E-state index contributed by atoms with van der Waals surface area (Å²) in [7, 11) is 1.40. The number of rotatable bonds is 5. The van der Waals surface area contributed by atoms with Crippen LogP contribution in [0.3, 0.4) is 0 Å². The number of hydrogen-bond acceptors (Lipinski definition) is 2. The molecule has 0 spiro atoms. The third-order valence-corrected chi connectivity index (χ3v) is 4.15. The molecule has 0 bridgehead atoms. The quantitative estimate of drug-likeness (QED) is 0.717. The Morgan fingerprint density at radius 3 is 2.38 bits per heavy atom. The second-order valence-corrected chi connectivity index (χ2v) is 5.57. The number of esters is 1. The van der Waals surface area contributed by atoms with Gasteiger partial charge in [0.05, 0.1) is 17.2 Å². The second-order valence-electron chi connectivity index (χ2n) is 4.75. The van der Waals surface area contributed by atoms with Gasteiger partial charge in [0.15, 0.2) is 0 Å². The number of benzene rings is 2. The van der Waals surface area contributed by atoms with Crippen LogP contribution in [-0.4, -0.2) is 13.1 Å². The fourth-order valence-corrected chi connectivity index (χ4v) is 2.61. The van der Waals surface area contributed by atoms with Crippen molar-refractivity contribution in [3.8, 4) is 0 Å². The van der Waals surface area contributed by atoms with E-state index >= 15 is 0 Å². The number of hydrogen-bond donors (Lipinski definition) is 0. The normalized spacial score (nSPS) is 12.0. The molecule has 0 aliphatic carbocycles. The van der Waals surface area contributed by atoms with Crippen LogP contribution < -0.4 is 0 Å². The zero-order chi connectivity index (χ0) is 15.2. The summed E-state index contributed by atoms with van der Waals surface area (Å²) in [6.07, 6.45) is 1.02. The Labute approximate surface area is 134 Å². The molecule has 0 fully saturated rings. The molecule has 1 unspecified atom stereocenters. The lowest BCUT2D eigenvalue weighted by Crippen LogP contribution is -2.07. The van der Waals surface area contributed by atoms with Gasteiger partial charge in [0.25, 0.3) is 0 Å². The summed E-state index contributed by atoms with van der Waals surface area (Å²) in [5.74, 6) is -0.129. The number of ether oxygens (including phenoxy) is 1. The van der Waals surface area contributed by atoms with Gasteiger partial charge in [-0.1, -0.05) is 59.6 Å². The zero-order valence-electron chi connectivity index (χ0n) is 11.7. The van der Waals surface area contributed by atoms with E-state index in [0.717, 1.165) is 11.1 Å². The third kappa shape index (κ3) is 4.23.